The van der Waals surface area contributed by atoms with E-state index < -0.39 is 0 Å². The molecule has 0 bridgehead atoms. The van der Waals surface area contributed by atoms with Crippen LogP contribution >= 0.6 is 0 Å². The van der Waals surface area contributed by atoms with Gasteiger partial charge in [-0.2, -0.15) is 0 Å². The van der Waals surface area contributed by atoms with Crippen molar-refractivity contribution in [3.63, 3.8) is 0 Å². The van der Waals surface area contributed by atoms with Gasteiger partial charge in [-0.05, 0) is 111 Å². The molecule has 1 atom stereocenters. The molecule has 57 heavy (non-hydrogen) atoms. The van der Waals surface area contributed by atoms with Gasteiger partial charge in [-0.25, -0.2) is 0 Å². The fourth-order valence-corrected chi connectivity index (χ4v) is 11.0. The van der Waals surface area contributed by atoms with E-state index >= 15 is 0 Å². The SMILES string of the molecule is C1=CC2=C(CC1)C1(c3ccccc32)c2ccccc2-c2c(-n3c4ccccc4c4cc(-c5ccc6c7ccccc7n(-c7ccccc7)c6c5)ccc43)cccc21. The van der Waals surface area contributed by atoms with Crippen LogP contribution in [0.2, 0.25) is 0 Å². The summed E-state index contributed by atoms with van der Waals surface area (Å²) in [6.45, 7) is 0. The van der Waals surface area contributed by atoms with Crippen molar-refractivity contribution in [1.82, 2.24) is 9.13 Å². The third kappa shape index (κ3) is 3.99. The van der Waals surface area contributed by atoms with Crippen molar-refractivity contribution in [3.8, 4) is 33.6 Å². The number of benzene rings is 8. The molecule has 2 aromatic heterocycles. The highest BCUT2D eigenvalue weighted by Gasteiger charge is 2.53. The van der Waals surface area contributed by atoms with Gasteiger partial charge in [0, 0.05) is 32.8 Å². The number of rotatable bonds is 3. The highest BCUT2D eigenvalue weighted by atomic mass is 15.0. The molecule has 8 aromatic carbocycles. The summed E-state index contributed by atoms with van der Waals surface area (Å²) in [4.78, 5) is 0. The third-order valence-corrected chi connectivity index (χ3v) is 13.2. The van der Waals surface area contributed by atoms with Gasteiger partial charge >= 0.3 is 0 Å². The van der Waals surface area contributed by atoms with E-state index in [1.807, 2.05) is 0 Å². The van der Waals surface area contributed by atoms with E-state index in [-0.39, 0.29) is 5.41 Å². The van der Waals surface area contributed by atoms with Crippen molar-refractivity contribution in [1.29, 1.82) is 0 Å². The van der Waals surface area contributed by atoms with Gasteiger partial charge in [-0.1, -0.05) is 146 Å². The molecule has 13 rings (SSSR count). The number of fused-ring (bicyclic) bond motifs is 15. The van der Waals surface area contributed by atoms with Crippen LogP contribution in [0.3, 0.4) is 0 Å². The first kappa shape index (κ1) is 31.1. The second-order valence-corrected chi connectivity index (χ2v) is 15.9. The minimum atomic E-state index is -0.300. The summed E-state index contributed by atoms with van der Waals surface area (Å²) in [5, 5.41) is 5.07. The Morgan fingerprint density at radius 2 is 1.04 bits per heavy atom. The number of para-hydroxylation sites is 3. The molecule has 1 spiro atoms. The molecule has 0 saturated carbocycles. The minimum absolute atomic E-state index is 0.300. The van der Waals surface area contributed by atoms with Crippen LogP contribution in [0.1, 0.15) is 35.1 Å². The van der Waals surface area contributed by atoms with Gasteiger partial charge in [0.15, 0.2) is 0 Å². The van der Waals surface area contributed by atoms with E-state index in [1.165, 1.54) is 105 Å². The summed E-state index contributed by atoms with van der Waals surface area (Å²) in [5.74, 6) is 0. The lowest BCUT2D eigenvalue weighted by atomic mass is 9.68. The van der Waals surface area contributed by atoms with Gasteiger partial charge in [0.1, 0.15) is 0 Å². The topological polar surface area (TPSA) is 9.86 Å². The lowest BCUT2D eigenvalue weighted by Gasteiger charge is -2.33. The van der Waals surface area contributed by atoms with Gasteiger partial charge in [-0.15, -0.1) is 0 Å². The van der Waals surface area contributed by atoms with Crippen LogP contribution in [-0.2, 0) is 5.41 Å². The molecule has 3 aliphatic rings. The van der Waals surface area contributed by atoms with Crippen LogP contribution in [-0.4, -0.2) is 9.13 Å². The molecule has 3 aliphatic carbocycles. The number of allylic oxidation sites excluding steroid dienone is 4. The van der Waals surface area contributed by atoms with Crippen LogP contribution in [0.5, 0.6) is 0 Å². The Hall–Kier alpha value is -7.16. The predicted octanol–water partition coefficient (Wildman–Crippen LogP) is 14.0. The molecule has 0 aliphatic heterocycles. The fourth-order valence-electron chi connectivity index (χ4n) is 11.0. The normalized spacial score (nSPS) is 16.6. The first-order chi connectivity index (χ1) is 28.3. The van der Waals surface area contributed by atoms with E-state index in [0.717, 1.165) is 12.8 Å². The zero-order valence-corrected chi connectivity index (χ0v) is 31.3. The Balaban J connectivity index is 1.05. The standard InChI is InChI=1S/C55H36N2/c1-2-15-37(16-3-1)56-49-26-12-7-19-40(49)42-31-29-36(34-53(42)56)35-30-32-51-44(33-35)41-20-8-13-27-50(41)57(51)52-28-14-25-48-54(52)43-21-6-11-24-47(43)55(48)45-22-9-4-17-38(45)39-18-5-10-23-46(39)55/h1-9,11-22,24-34H,10,23H2. The summed E-state index contributed by atoms with van der Waals surface area (Å²) in [6, 6.07) is 68.0. The molecule has 2 heteroatoms. The van der Waals surface area contributed by atoms with Crippen LogP contribution < -0.4 is 0 Å². The zero-order chi connectivity index (χ0) is 37.2. The number of nitrogens with zero attached hydrogens (tertiary/aromatic N) is 2. The summed E-state index contributed by atoms with van der Waals surface area (Å²) < 4.78 is 4.95. The predicted molar refractivity (Wildman–Crippen MR) is 238 cm³/mol. The maximum absolute atomic E-state index is 2.54. The van der Waals surface area contributed by atoms with Crippen LogP contribution in [0.15, 0.2) is 200 Å². The van der Waals surface area contributed by atoms with Crippen molar-refractivity contribution in [2.24, 2.45) is 0 Å². The van der Waals surface area contributed by atoms with Gasteiger partial charge in [0.05, 0.1) is 33.2 Å². The second-order valence-electron chi connectivity index (χ2n) is 15.9. The van der Waals surface area contributed by atoms with Crippen LogP contribution in [0.25, 0.3) is 82.8 Å². The van der Waals surface area contributed by atoms with Gasteiger partial charge in [0.2, 0.25) is 0 Å². The van der Waals surface area contributed by atoms with Gasteiger partial charge < -0.3 is 9.13 Å². The quantitative estimate of drug-likeness (QED) is 0.172. The van der Waals surface area contributed by atoms with Crippen molar-refractivity contribution in [2.45, 2.75) is 18.3 Å². The molecular formula is C55H36N2. The molecule has 2 heterocycles. The van der Waals surface area contributed by atoms with Crippen molar-refractivity contribution >= 4 is 49.2 Å². The molecule has 0 N–H and O–H groups in total. The summed E-state index contributed by atoms with van der Waals surface area (Å²) in [5.41, 5.74) is 20.7. The maximum atomic E-state index is 2.54. The lowest BCUT2D eigenvalue weighted by molar-refractivity contribution is 0.714. The van der Waals surface area contributed by atoms with Crippen LogP contribution in [0.4, 0.5) is 0 Å². The van der Waals surface area contributed by atoms with E-state index in [0.29, 0.717) is 0 Å². The molecule has 0 radical (unpaired) electrons. The first-order valence-corrected chi connectivity index (χ1v) is 20.2. The highest BCUT2D eigenvalue weighted by Crippen LogP contribution is 2.64. The number of hydrogen-bond donors (Lipinski definition) is 0. The average Bonchev–Trinajstić information content (AvgIpc) is 3.98. The van der Waals surface area contributed by atoms with E-state index in [1.54, 1.807) is 5.57 Å². The molecule has 2 nitrogen and oxygen atoms in total. The van der Waals surface area contributed by atoms with E-state index in [9.17, 15) is 0 Å². The van der Waals surface area contributed by atoms with Crippen molar-refractivity contribution < 1.29 is 0 Å². The van der Waals surface area contributed by atoms with Gasteiger partial charge in [-0.3, -0.25) is 0 Å². The summed E-state index contributed by atoms with van der Waals surface area (Å²) in [6.07, 6.45) is 6.89. The maximum Gasteiger partial charge on any atom is 0.0689 e. The Morgan fingerprint density at radius 3 is 1.88 bits per heavy atom. The zero-order valence-electron chi connectivity index (χ0n) is 31.3. The Bertz CT molecular complexity index is 3410. The summed E-state index contributed by atoms with van der Waals surface area (Å²) >= 11 is 0. The fraction of sp³-hybridized carbons (Fsp3) is 0.0545. The van der Waals surface area contributed by atoms with Crippen molar-refractivity contribution in [3.05, 3.63) is 222 Å². The highest BCUT2D eigenvalue weighted by molar-refractivity contribution is 6.13. The van der Waals surface area contributed by atoms with E-state index in [2.05, 4.69) is 203 Å². The Morgan fingerprint density at radius 1 is 0.421 bits per heavy atom. The molecule has 266 valence electrons. The molecule has 0 saturated heterocycles. The van der Waals surface area contributed by atoms with E-state index in [4.69, 9.17) is 0 Å². The number of hydrogen-bond acceptors (Lipinski definition) is 0. The van der Waals surface area contributed by atoms with Crippen LogP contribution in [0, 0.1) is 0 Å². The monoisotopic (exact) mass is 724 g/mol. The third-order valence-electron chi connectivity index (χ3n) is 13.2. The molecule has 0 amide bonds. The second kappa shape index (κ2) is 11.4. The Labute approximate surface area is 330 Å². The summed E-state index contributed by atoms with van der Waals surface area (Å²) in [7, 11) is 0. The smallest absolute Gasteiger partial charge is 0.0689 e. The first-order valence-electron chi connectivity index (χ1n) is 20.2. The Kier molecular flexibility index (Phi) is 6.24. The van der Waals surface area contributed by atoms with Gasteiger partial charge in [0.25, 0.3) is 0 Å². The lowest BCUT2D eigenvalue weighted by Crippen LogP contribution is -2.27. The molecule has 1 unspecified atom stereocenters. The molecule has 10 aromatic rings. The number of aromatic nitrogens is 2. The van der Waals surface area contributed by atoms with Crippen molar-refractivity contribution in [2.75, 3.05) is 0 Å². The largest absolute Gasteiger partial charge is 0.309 e. The molecular weight excluding hydrogens is 689 g/mol. The molecule has 0 fully saturated rings. The average molecular weight is 725 g/mol. The minimum Gasteiger partial charge on any atom is -0.309 e.